The smallest absolute Gasteiger partial charge is 0.349 e. The summed E-state index contributed by atoms with van der Waals surface area (Å²) in [5.41, 5.74) is 0.966. The molecule has 1 heterocycles. The van der Waals surface area contributed by atoms with E-state index in [1.807, 2.05) is 12.1 Å². The summed E-state index contributed by atoms with van der Waals surface area (Å²) >= 11 is 0. The largest absolute Gasteiger partial charge is 0.391 e. The second-order valence-corrected chi connectivity index (χ2v) is 5.96. The molecule has 6 heteroatoms. The molecule has 1 aliphatic carbocycles. The maximum atomic E-state index is 12.9. The van der Waals surface area contributed by atoms with Crippen LogP contribution in [0.15, 0.2) is 36.5 Å². The molecule has 2 unspecified atom stereocenters. The number of hydrogen-bond donors (Lipinski definition) is 1. The van der Waals surface area contributed by atoms with E-state index in [0.29, 0.717) is 23.9 Å². The number of nitrogens with zero attached hydrogens (tertiary/aromatic N) is 1. The number of halogens is 3. The zero-order chi connectivity index (χ0) is 16.4. The molecule has 2 atom stereocenters. The highest BCUT2D eigenvalue weighted by Gasteiger charge is 2.42. The van der Waals surface area contributed by atoms with Gasteiger partial charge in [-0.25, -0.2) is 0 Å². The molecule has 122 valence electrons. The lowest BCUT2D eigenvalue weighted by Crippen LogP contribution is -2.41. The molecule has 0 radical (unpaired) electrons. The summed E-state index contributed by atoms with van der Waals surface area (Å²) in [6.45, 7) is 0. The quantitative estimate of drug-likeness (QED) is 0.905. The fourth-order valence-electron chi connectivity index (χ4n) is 3.17. The van der Waals surface area contributed by atoms with Crippen molar-refractivity contribution in [1.29, 1.82) is 0 Å². The Morgan fingerprint density at radius 2 is 1.96 bits per heavy atom. The molecular weight excluding hydrogens is 305 g/mol. The number of nitrogens with one attached hydrogen (secondary N) is 1. The lowest BCUT2D eigenvalue weighted by atomic mass is 9.85. The van der Waals surface area contributed by atoms with Crippen LogP contribution in [0, 0.1) is 5.92 Å². The van der Waals surface area contributed by atoms with Crippen LogP contribution in [0.5, 0.6) is 0 Å². The number of amides is 1. The van der Waals surface area contributed by atoms with Gasteiger partial charge in [0.25, 0.3) is 5.91 Å². The third-order valence-electron chi connectivity index (χ3n) is 4.35. The zero-order valence-corrected chi connectivity index (χ0v) is 12.4. The number of carbonyl (C=O) groups is 1. The van der Waals surface area contributed by atoms with Crippen LogP contribution in [0.4, 0.5) is 13.2 Å². The van der Waals surface area contributed by atoms with Gasteiger partial charge in [0, 0.05) is 17.6 Å². The summed E-state index contributed by atoms with van der Waals surface area (Å²) in [7, 11) is 0. The van der Waals surface area contributed by atoms with Gasteiger partial charge in [0.05, 0.1) is 17.0 Å². The third kappa shape index (κ3) is 3.46. The number of aromatic nitrogens is 1. The van der Waals surface area contributed by atoms with Crippen molar-refractivity contribution in [1.82, 2.24) is 10.3 Å². The van der Waals surface area contributed by atoms with E-state index in [-0.39, 0.29) is 18.7 Å². The van der Waals surface area contributed by atoms with Crippen molar-refractivity contribution in [3.05, 3.63) is 42.1 Å². The number of fused-ring (bicyclic) bond motifs is 1. The first-order valence-electron chi connectivity index (χ1n) is 7.66. The maximum absolute atomic E-state index is 12.9. The lowest BCUT2D eigenvalue weighted by Gasteiger charge is -2.31. The normalized spacial score (nSPS) is 22.0. The van der Waals surface area contributed by atoms with Crippen molar-refractivity contribution in [2.75, 3.05) is 0 Å². The summed E-state index contributed by atoms with van der Waals surface area (Å²) in [6, 6.07) is 8.42. The monoisotopic (exact) mass is 322 g/mol. The standard InChI is InChI=1S/C17H17F3N2O/c18-17(19,20)12-6-2-7-13(10-12)22-16(23)14-8-1-4-11-5-3-9-21-15(11)14/h1,3-5,8-9,12-13H,2,6-7,10H2,(H,22,23). The molecule has 3 nitrogen and oxygen atoms in total. The van der Waals surface area contributed by atoms with Gasteiger partial charge in [-0.2, -0.15) is 13.2 Å². The Morgan fingerprint density at radius 3 is 2.74 bits per heavy atom. The van der Waals surface area contributed by atoms with E-state index in [4.69, 9.17) is 0 Å². The molecule has 1 amide bonds. The molecule has 0 saturated heterocycles. The predicted octanol–water partition coefficient (Wildman–Crippen LogP) is 4.09. The van der Waals surface area contributed by atoms with Crippen molar-refractivity contribution in [2.24, 2.45) is 5.92 Å². The Kier molecular flexibility index (Phi) is 4.24. The molecule has 0 spiro atoms. The van der Waals surface area contributed by atoms with Crippen molar-refractivity contribution < 1.29 is 18.0 Å². The highest BCUT2D eigenvalue weighted by Crippen LogP contribution is 2.37. The number of alkyl halides is 3. The van der Waals surface area contributed by atoms with Crippen LogP contribution in [-0.2, 0) is 0 Å². The Morgan fingerprint density at radius 1 is 1.17 bits per heavy atom. The molecule has 1 aromatic carbocycles. The van der Waals surface area contributed by atoms with E-state index in [1.54, 1.807) is 24.4 Å². The highest BCUT2D eigenvalue weighted by molar-refractivity contribution is 6.05. The van der Waals surface area contributed by atoms with E-state index in [1.165, 1.54) is 0 Å². The van der Waals surface area contributed by atoms with Crippen molar-refractivity contribution >= 4 is 16.8 Å². The molecule has 1 aliphatic rings. The third-order valence-corrected chi connectivity index (χ3v) is 4.35. The summed E-state index contributed by atoms with van der Waals surface area (Å²) in [6.07, 6.45) is -1.44. The second-order valence-electron chi connectivity index (χ2n) is 5.96. The van der Waals surface area contributed by atoms with E-state index in [0.717, 1.165) is 5.39 Å². The van der Waals surface area contributed by atoms with Crippen molar-refractivity contribution in [2.45, 2.75) is 37.9 Å². The molecule has 3 rings (SSSR count). The van der Waals surface area contributed by atoms with Gasteiger partial charge < -0.3 is 5.32 Å². The Hall–Kier alpha value is -2.11. The van der Waals surface area contributed by atoms with E-state index < -0.39 is 18.1 Å². The number of carbonyl (C=O) groups excluding carboxylic acids is 1. The number of pyridine rings is 1. The first kappa shape index (κ1) is 15.8. The molecule has 1 aromatic heterocycles. The van der Waals surface area contributed by atoms with E-state index in [9.17, 15) is 18.0 Å². The molecule has 0 aliphatic heterocycles. The van der Waals surface area contributed by atoms with Crippen LogP contribution < -0.4 is 5.32 Å². The van der Waals surface area contributed by atoms with Crippen LogP contribution in [0.1, 0.15) is 36.0 Å². The van der Waals surface area contributed by atoms with Crippen LogP contribution >= 0.6 is 0 Å². The Bertz CT molecular complexity index is 709. The fourth-order valence-corrected chi connectivity index (χ4v) is 3.17. The summed E-state index contributed by atoms with van der Waals surface area (Å²) in [5, 5.41) is 3.58. The van der Waals surface area contributed by atoms with Crippen LogP contribution in [-0.4, -0.2) is 23.1 Å². The number of benzene rings is 1. The van der Waals surface area contributed by atoms with E-state index >= 15 is 0 Å². The SMILES string of the molecule is O=C(NC1CCCC(C(F)(F)F)C1)c1cccc2cccnc12. The molecule has 1 N–H and O–H groups in total. The van der Waals surface area contributed by atoms with Crippen LogP contribution in [0.25, 0.3) is 10.9 Å². The molecule has 1 fully saturated rings. The fraction of sp³-hybridized carbons (Fsp3) is 0.412. The van der Waals surface area contributed by atoms with Gasteiger partial charge in [0.1, 0.15) is 0 Å². The number of para-hydroxylation sites is 1. The highest BCUT2D eigenvalue weighted by atomic mass is 19.4. The minimum atomic E-state index is -4.19. The van der Waals surface area contributed by atoms with Crippen LogP contribution in [0.2, 0.25) is 0 Å². The molecular formula is C17H17F3N2O. The van der Waals surface area contributed by atoms with Gasteiger partial charge in [-0.3, -0.25) is 9.78 Å². The predicted molar refractivity (Wildman–Crippen MR) is 81.0 cm³/mol. The summed E-state index contributed by atoms with van der Waals surface area (Å²) in [5.74, 6) is -1.69. The van der Waals surface area contributed by atoms with Gasteiger partial charge in [0.2, 0.25) is 0 Å². The topological polar surface area (TPSA) is 42.0 Å². The average molecular weight is 322 g/mol. The van der Waals surface area contributed by atoms with Gasteiger partial charge >= 0.3 is 6.18 Å². The zero-order valence-electron chi connectivity index (χ0n) is 12.4. The minimum absolute atomic E-state index is 0.0482. The minimum Gasteiger partial charge on any atom is -0.349 e. The molecule has 23 heavy (non-hydrogen) atoms. The first-order valence-corrected chi connectivity index (χ1v) is 7.66. The summed E-state index contributed by atoms with van der Waals surface area (Å²) < 4.78 is 38.6. The molecule has 2 aromatic rings. The molecule has 1 saturated carbocycles. The van der Waals surface area contributed by atoms with Crippen molar-refractivity contribution in [3.63, 3.8) is 0 Å². The Balaban J connectivity index is 1.76. The van der Waals surface area contributed by atoms with Gasteiger partial charge in [0.15, 0.2) is 0 Å². The van der Waals surface area contributed by atoms with Crippen molar-refractivity contribution in [3.8, 4) is 0 Å². The Labute approximate surface area is 131 Å². The summed E-state index contributed by atoms with van der Waals surface area (Å²) in [4.78, 5) is 16.7. The van der Waals surface area contributed by atoms with Gasteiger partial charge in [-0.1, -0.05) is 24.6 Å². The van der Waals surface area contributed by atoms with E-state index in [2.05, 4.69) is 10.3 Å². The first-order chi connectivity index (χ1) is 10.9. The lowest BCUT2D eigenvalue weighted by molar-refractivity contribution is -0.183. The van der Waals surface area contributed by atoms with Gasteiger partial charge in [-0.05, 0) is 31.4 Å². The average Bonchev–Trinajstić information content (AvgIpc) is 2.53. The maximum Gasteiger partial charge on any atom is 0.391 e. The van der Waals surface area contributed by atoms with Gasteiger partial charge in [-0.15, -0.1) is 0 Å². The number of hydrogen-bond acceptors (Lipinski definition) is 2. The number of rotatable bonds is 2. The second kappa shape index (κ2) is 6.18. The molecule has 0 bridgehead atoms. The van der Waals surface area contributed by atoms with Crippen LogP contribution in [0.3, 0.4) is 0 Å².